The number of thioether (sulfide) groups is 1. The van der Waals surface area contributed by atoms with E-state index >= 15 is 0 Å². The summed E-state index contributed by atoms with van der Waals surface area (Å²) < 4.78 is 42.3. The summed E-state index contributed by atoms with van der Waals surface area (Å²) in [5, 5.41) is 0.438. The van der Waals surface area contributed by atoms with Crippen LogP contribution in [0.15, 0.2) is 64.8 Å². The lowest BCUT2D eigenvalue weighted by molar-refractivity contribution is 0.0689. The van der Waals surface area contributed by atoms with Crippen LogP contribution in [-0.2, 0) is 10.0 Å². The van der Waals surface area contributed by atoms with Crippen molar-refractivity contribution in [2.24, 2.45) is 0 Å². The number of rotatable bonds is 5. The zero-order chi connectivity index (χ0) is 22.9. The van der Waals surface area contributed by atoms with Crippen LogP contribution in [0.4, 0.5) is 4.39 Å². The fourth-order valence-electron chi connectivity index (χ4n) is 3.54. The highest BCUT2D eigenvalue weighted by molar-refractivity contribution is 7.98. The van der Waals surface area contributed by atoms with Crippen molar-refractivity contribution in [2.75, 3.05) is 32.4 Å². The molecule has 32 heavy (non-hydrogen) atoms. The molecule has 0 atom stereocenters. The van der Waals surface area contributed by atoms with E-state index in [1.54, 1.807) is 15.7 Å². The highest BCUT2D eigenvalue weighted by Gasteiger charge is 2.32. The van der Waals surface area contributed by atoms with Gasteiger partial charge in [0.25, 0.3) is 5.91 Å². The van der Waals surface area contributed by atoms with Crippen molar-refractivity contribution in [3.05, 3.63) is 71.3 Å². The van der Waals surface area contributed by atoms with E-state index in [1.807, 2.05) is 36.6 Å². The summed E-state index contributed by atoms with van der Waals surface area (Å²) >= 11 is 7.18. The number of nitrogens with zero attached hydrogens (tertiary/aromatic N) is 4. The van der Waals surface area contributed by atoms with Crippen molar-refractivity contribution in [2.45, 2.75) is 10.1 Å². The van der Waals surface area contributed by atoms with Crippen LogP contribution < -0.4 is 0 Å². The third kappa shape index (κ3) is 4.27. The fourth-order valence-corrected chi connectivity index (χ4v) is 5.77. The largest absolute Gasteiger partial charge is 0.335 e. The number of aromatic nitrogens is 2. The molecule has 0 spiro atoms. The maximum Gasteiger partial charge on any atom is 0.272 e. The lowest BCUT2D eigenvalue weighted by Gasteiger charge is -2.34. The Morgan fingerprint density at radius 1 is 1.09 bits per heavy atom. The van der Waals surface area contributed by atoms with Gasteiger partial charge in [-0.15, -0.1) is 0 Å². The third-order valence-corrected chi connectivity index (χ3v) is 8.04. The molecule has 1 aliphatic rings. The summed E-state index contributed by atoms with van der Waals surface area (Å²) in [4.78, 5) is 19.2. The number of amides is 1. The first kappa shape index (κ1) is 22.8. The van der Waals surface area contributed by atoms with Gasteiger partial charge in [-0.25, -0.2) is 17.8 Å². The van der Waals surface area contributed by atoms with Gasteiger partial charge in [-0.05, 0) is 36.6 Å². The lowest BCUT2D eigenvalue weighted by atomic mass is 10.3. The SMILES string of the molecule is CSc1ncc(C(=O)N2CCN(S(=O)(=O)c3ccc(F)c(Cl)c3)CC2)n1-c1ccccc1. The average molecular weight is 495 g/mol. The molecule has 3 aromatic rings. The molecule has 0 radical (unpaired) electrons. The smallest absolute Gasteiger partial charge is 0.272 e. The predicted octanol–water partition coefficient (Wildman–Crippen LogP) is 3.53. The normalized spacial score (nSPS) is 15.2. The van der Waals surface area contributed by atoms with Gasteiger partial charge in [-0.1, -0.05) is 41.6 Å². The van der Waals surface area contributed by atoms with Crippen LogP contribution in [0.25, 0.3) is 5.69 Å². The molecular formula is C21H20ClFN4O3S2. The Kier molecular flexibility index (Phi) is 6.57. The molecule has 0 bridgehead atoms. The van der Waals surface area contributed by atoms with Crippen LogP contribution in [0.5, 0.6) is 0 Å². The van der Waals surface area contributed by atoms with Gasteiger partial charge in [0.05, 0.1) is 16.1 Å². The van der Waals surface area contributed by atoms with Gasteiger partial charge in [0.2, 0.25) is 10.0 Å². The molecule has 2 heterocycles. The van der Waals surface area contributed by atoms with Crippen LogP contribution in [-0.4, -0.2) is 65.5 Å². The molecule has 2 aromatic carbocycles. The number of carbonyl (C=O) groups excluding carboxylic acids is 1. The van der Waals surface area contributed by atoms with Gasteiger partial charge in [0, 0.05) is 31.9 Å². The molecule has 1 aromatic heterocycles. The van der Waals surface area contributed by atoms with Gasteiger partial charge in [0.15, 0.2) is 5.16 Å². The molecule has 1 amide bonds. The quantitative estimate of drug-likeness (QED) is 0.507. The number of piperazine rings is 1. The van der Waals surface area contributed by atoms with E-state index in [0.29, 0.717) is 10.9 Å². The number of benzene rings is 2. The highest BCUT2D eigenvalue weighted by atomic mass is 35.5. The van der Waals surface area contributed by atoms with Gasteiger partial charge in [0.1, 0.15) is 11.5 Å². The molecule has 1 fully saturated rings. The van der Waals surface area contributed by atoms with Crippen molar-refractivity contribution < 1.29 is 17.6 Å². The molecule has 1 saturated heterocycles. The van der Waals surface area contributed by atoms with Gasteiger partial charge in [-0.3, -0.25) is 9.36 Å². The summed E-state index contributed by atoms with van der Waals surface area (Å²) in [6, 6.07) is 12.8. The van der Waals surface area contributed by atoms with Crippen LogP contribution >= 0.6 is 23.4 Å². The Hall–Kier alpha value is -2.40. The number of hydrogen-bond donors (Lipinski definition) is 0. The zero-order valence-electron chi connectivity index (χ0n) is 17.1. The van der Waals surface area contributed by atoms with Crippen molar-refractivity contribution in [1.29, 1.82) is 0 Å². The predicted molar refractivity (Wildman–Crippen MR) is 121 cm³/mol. The van der Waals surface area contributed by atoms with Crippen LogP contribution in [0.3, 0.4) is 0 Å². The number of sulfonamides is 1. The monoisotopic (exact) mass is 494 g/mol. The molecule has 1 aliphatic heterocycles. The second-order valence-corrected chi connectivity index (χ2v) is 10.2. The number of carbonyl (C=O) groups is 1. The summed E-state index contributed by atoms with van der Waals surface area (Å²) in [5.74, 6) is -0.899. The van der Waals surface area contributed by atoms with Gasteiger partial charge in [-0.2, -0.15) is 4.31 Å². The number of para-hydroxylation sites is 1. The second-order valence-electron chi connectivity index (χ2n) is 7.07. The molecule has 0 N–H and O–H groups in total. The van der Waals surface area contributed by atoms with E-state index in [2.05, 4.69) is 4.98 Å². The molecule has 4 rings (SSSR count). The minimum absolute atomic E-state index is 0.0737. The summed E-state index contributed by atoms with van der Waals surface area (Å²) in [7, 11) is -3.84. The lowest BCUT2D eigenvalue weighted by Crippen LogP contribution is -2.50. The van der Waals surface area contributed by atoms with Gasteiger partial charge < -0.3 is 4.90 Å². The van der Waals surface area contributed by atoms with Crippen LogP contribution in [0.1, 0.15) is 10.5 Å². The van der Waals surface area contributed by atoms with E-state index < -0.39 is 15.8 Å². The third-order valence-electron chi connectivity index (χ3n) is 5.20. The molecule has 0 saturated carbocycles. The van der Waals surface area contributed by atoms with E-state index in [0.717, 1.165) is 17.8 Å². The second kappa shape index (κ2) is 9.22. The summed E-state index contributed by atoms with van der Waals surface area (Å²) in [6.45, 7) is 0.693. The van der Waals surface area contributed by atoms with Crippen molar-refractivity contribution >= 4 is 39.3 Å². The van der Waals surface area contributed by atoms with Crippen LogP contribution in [0.2, 0.25) is 5.02 Å². The van der Waals surface area contributed by atoms with Gasteiger partial charge >= 0.3 is 0 Å². The van der Waals surface area contributed by atoms with E-state index in [4.69, 9.17) is 11.6 Å². The number of halogens is 2. The number of hydrogen-bond acceptors (Lipinski definition) is 5. The molecule has 7 nitrogen and oxygen atoms in total. The maximum absolute atomic E-state index is 13.4. The fraction of sp³-hybridized carbons (Fsp3) is 0.238. The molecule has 0 unspecified atom stereocenters. The Bertz CT molecular complexity index is 1240. The van der Waals surface area contributed by atoms with Crippen LogP contribution in [0, 0.1) is 5.82 Å². The molecular weight excluding hydrogens is 475 g/mol. The summed E-state index contributed by atoms with van der Waals surface area (Å²) in [5.41, 5.74) is 1.24. The van der Waals surface area contributed by atoms with Crippen molar-refractivity contribution in [3.63, 3.8) is 0 Å². The standard InChI is InChI=1S/C21H20ClFN4O3S2/c1-31-21-24-14-19(27(21)15-5-3-2-4-6-15)20(28)25-9-11-26(12-10-25)32(29,30)16-7-8-18(23)17(22)13-16/h2-8,13-14H,9-12H2,1H3. The number of imidazole rings is 1. The van der Waals surface area contributed by atoms with Crippen molar-refractivity contribution in [1.82, 2.24) is 18.8 Å². The van der Waals surface area contributed by atoms with Crippen molar-refractivity contribution in [3.8, 4) is 5.69 Å². The molecule has 0 aliphatic carbocycles. The van der Waals surface area contributed by atoms with E-state index in [9.17, 15) is 17.6 Å². The topological polar surface area (TPSA) is 75.5 Å². The highest BCUT2D eigenvalue weighted by Crippen LogP contribution is 2.25. The first-order chi connectivity index (χ1) is 15.3. The van der Waals surface area contributed by atoms with E-state index in [-0.39, 0.29) is 42.0 Å². The Labute approximate surface area is 194 Å². The Morgan fingerprint density at radius 3 is 2.41 bits per heavy atom. The first-order valence-corrected chi connectivity index (χ1v) is 12.8. The molecule has 168 valence electrons. The minimum atomic E-state index is -3.84. The minimum Gasteiger partial charge on any atom is -0.335 e. The average Bonchev–Trinajstić information content (AvgIpc) is 3.25. The summed E-state index contributed by atoms with van der Waals surface area (Å²) in [6.07, 6.45) is 3.44. The Morgan fingerprint density at radius 2 is 1.78 bits per heavy atom. The first-order valence-electron chi connectivity index (χ1n) is 9.74. The Balaban J connectivity index is 1.52. The zero-order valence-corrected chi connectivity index (χ0v) is 19.5. The van der Waals surface area contributed by atoms with E-state index in [1.165, 1.54) is 22.1 Å². The molecule has 11 heteroatoms. The maximum atomic E-state index is 13.4.